The number of ether oxygens (including phenoxy) is 3. The molecule has 5 nitrogen and oxygen atoms in total. The molecule has 0 aliphatic carbocycles. The van der Waals surface area contributed by atoms with Gasteiger partial charge in [0.1, 0.15) is 5.60 Å². The molecule has 0 saturated heterocycles. The average Bonchev–Trinajstić information content (AvgIpc) is 2.15. The molecule has 0 unspecified atom stereocenters. The standard InChI is InChI=1S/C11H23NO4/c1-11(2,3)16-10(13)12-8-6-7-9(14-4)15-5/h9H,6-8H2,1-5H3,(H,12,13). The molecule has 0 bridgehead atoms. The average molecular weight is 233 g/mol. The molecule has 0 aromatic rings. The van der Waals surface area contributed by atoms with E-state index >= 15 is 0 Å². The Morgan fingerprint density at radius 1 is 1.25 bits per heavy atom. The Labute approximate surface area is 97.4 Å². The zero-order chi connectivity index (χ0) is 12.6. The van der Waals surface area contributed by atoms with E-state index in [4.69, 9.17) is 14.2 Å². The summed E-state index contributed by atoms with van der Waals surface area (Å²) in [5.74, 6) is 0. The number of carbonyl (C=O) groups is 1. The van der Waals surface area contributed by atoms with Crippen LogP contribution in [0.4, 0.5) is 4.79 Å². The largest absolute Gasteiger partial charge is 0.444 e. The zero-order valence-electron chi connectivity index (χ0n) is 10.8. The van der Waals surface area contributed by atoms with Gasteiger partial charge in [0.25, 0.3) is 0 Å². The molecule has 0 aliphatic heterocycles. The van der Waals surface area contributed by atoms with Crippen LogP contribution in [0.2, 0.25) is 0 Å². The first kappa shape index (κ1) is 15.2. The Kier molecular flexibility index (Phi) is 7.08. The fraction of sp³-hybridized carbons (Fsp3) is 0.909. The molecular weight excluding hydrogens is 210 g/mol. The lowest BCUT2D eigenvalue weighted by Gasteiger charge is -2.20. The molecule has 0 rings (SSSR count). The van der Waals surface area contributed by atoms with E-state index in [2.05, 4.69) is 5.32 Å². The summed E-state index contributed by atoms with van der Waals surface area (Å²) in [4.78, 5) is 11.2. The fourth-order valence-corrected chi connectivity index (χ4v) is 1.11. The number of methoxy groups -OCH3 is 2. The highest BCUT2D eigenvalue weighted by Crippen LogP contribution is 2.06. The van der Waals surface area contributed by atoms with E-state index in [1.165, 1.54) is 0 Å². The summed E-state index contributed by atoms with van der Waals surface area (Å²) in [6.07, 6.45) is 0.924. The van der Waals surface area contributed by atoms with E-state index in [1.807, 2.05) is 20.8 Å². The summed E-state index contributed by atoms with van der Waals surface area (Å²) >= 11 is 0. The zero-order valence-corrected chi connectivity index (χ0v) is 10.8. The molecule has 1 N–H and O–H groups in total. The molecule has 0 atom stereocenters. The van der Waals surface area contributed by atoms with Crippen molar-refractivity contribution in [3.05, 3.63) is 0 Å². The molecular formula is C11H23NO4. The molecule has 0 aromatic carbocycles. The number of rotatable bonds is 6. The van der Waals surface area contributed by atoms with Crippen LogP contribution in [0.5, 0.6) is 0 Å². The molecule has 96 valence electrons. The van der Waals surface area contributed by atoms with Crippen LogP contribution in [0, 0.1) is 0 Å². The van der Waals surface area contributed by atoms with Crippen molar-refractivity contribution < 1.29 is 19.0 Å². The Balaban J connectivity index is 3.55. The number of hydrogen-bond donors (Lipinski definition) is 1. The Morgan fingerprint density at radius 2 is 1.81 bits per heavy atom. The number of alkyl carbamates (subject to hydrolysis) is 1. The molecule has 0 spiro atoms. The van der Waals surface area contributed by atoms with Crippen molar-refractivity contribution in [1.82, 2.24) is 5.32 Å². The maximum atomic E-state index is 11.2. The van der Waals surface area contributed by atoms with Gasteiger partial charge in [0.2, 0.25) is 0 Å². The van der Waals surface area contributed by atoms with Crippen molar-refractivity contribution in [3.8, 4) is 0 Å². The third-order valence-electron chi connectivity index (χ3n) is 1.81. The van der Waals surface area contributed by atoms with Crippen molar-refractivity contribution in [1.29, 1.82) is 0 Å². The molecule has 5 heteroatoms. The lowest BCUT2D eigenvalue weighted by Crippen LogP contribution is -2.33. The number of carbonyl (C=O) groups excluding carboxylic acids is 1. The molecule has 1 amide bonds. The van der Waals surface area contributed by atoms with Crippen molar-refractivity contribution in [2.45, 2.75) is 45.5 Å². The number of amides is 1. The summed E-state index contributed by atoms with van der Waals surface area (Å²) in [5.41, 5.74) is -0.453. The van der Waals surface area contributed by atoms with Gasteiger partial charge in [-0.1, -0.05) is 0 Å². The topological polar surface area (TPSA) is 56.8 Å². The van der Waals surface area contributed by atoms with Gasteiger partial charge in [0, 0.05) is 27.2 Å². The highest BCUT2D eigenvalue weighted by molar-refractivity contribution is 5.67. The monoisotopic (exact) mass is 233 g/mol. The summed E-state index contributed by atoms with van der Waals surface area (Å²) < 4.78 is 15.1. The molecule has 0 aromatic heterocycles. The molecule has 0 fully saturated rings. The molecule has 16 heavy (non-hydrogen) atoms. The Hall–Kier alpha value is -0.810. The van der Waals surface area contributed by atoms with Crippen molar-refractivity contribution >= 4 is 6.09 Å². The number of nitrogens with one attached hydrogen (secondary N) is 1. The first-order valence-electron chi connectivity index (χ1n) is 5.41. The van der Waals surface area contributed by atoms with Gasteiger partial charge in [0.05, 0.1) is 0 Å². The van der Waals surface area contributed by atoms with Crippen LogP contribution in [0.1, 0.15) is 33.6 Å². The van der Waals surface area contributed by atoms with Crippen LogP contribution in [-0.4, -0.2) is 38.7 Å². The fourth-order valence-electron chi connectivity index (χ4n) is 1.11. The van der Waals surface area contributed by atoms with Gasteiger partial charge in [-0.2, -0.15) is 0 Å². The minimum Gasteiger partial charge on any atom is -0.444 e. The van der Waals surface area contributed by atoms with Gasteiger partial charge in [-0.3, -0.25) is 0 Å². The third-order valence-corrected chi connectivity index (χ3v) is 1.81. The lowest BCUT2D eigenvalue weighted by molar-refractivity contribution is -0.106. The van der Waals surface area contributed by atoms with E-state index < -0.39 is 5.60 Å². The normalized spacial score (nSPS) is 11.6. The van der Waals surface area contributed by atoms with E-state index in [-0.39, 0.29) is 12.4 Å². The van der Waals surface area contributed by atoms with E-state index in [0.29, 0.717) is 6.54 Å². The van der Waals surface area contributed by atoms with Gasteiger partial charge in [-0.25, -0.2) is 4.79 Å². The summed E-state index contributed by atoms with van der Waals surface area (Å²) in [5, 5.41) is 2.67. The Bertz CT molecular complexity index is 197. The molecule has 0 heterocycles. The maximum Gasteiger partial charge on any atom is 0.407 e. The maximum absolute atomic E-state index is 11.2. The van der Waals surface area contributed by atoms with Crippen molar-refractivity contribution in [2.24, 2.45) is 0 Å². The summed E-state index contributed by atoms with van der Waals surface area (Å²) in [6.45, 7) is 6.05. The van der Waals surface area contributed by atoms with Crippen LogP contribution in [-0.2, 0) is 14.2 Å². The van der Waals surface area contributed by atoms with Gasteiger partial charge < -0.3 is 19.5 Å². The quantitative estimate of drug-likeness (QED) is 0.562. The smallest absolute Gasteiger partial charge is 0.407 e. The van der Waals surface area contributed by atoms with Crippen LogP contribution in [0.15, 0.2) is 0 Å². The summed E-state index contributed by atoms with van der Waals surface area (Å²) in [7, 11) is 3.19. The predicted octanol–water partition coefficient (Wildman–Crippen LogP) is 1.91. The van der Waals surface area contributed by atoms with E-state index in [9.17, 15) is 4.79 Å². The van der Waals surface area contributed by atoms with Crippen LogP contribution < -0.4 is 5.32 Å². The van der Waals surface area contributed by atoms with E-state index in [1.54, 1.807) is 14.2 Å². The minimum atomic E-state index is -0.453. The van der Waals surface area contributed by atoms with Gasteiger partial charge in [0.15, 0.2) is 6.29 Å². The van der Waals surface area contributed by atoms with Crippen molar-refractivity contribution in [2.75, 3.05) is 20.8 Å². The Morgan fingerprint density at radius 3 is 2.25 bits per heavy atom. The minimum absolute atomic E-state index is 0.208. The molecule has 0 aliphatic rings. The van der Waals surface area contributed by atoms with Crippen LogP contribution in [0.25, 0.3) is 0 Å². The second kappa shape index (κ2) is 7.46. The SMILES string of the molecule is COC(CCCNC(=O)OC(C)(C)C)OC. The van der Waals surface area contributed by atoms with Crippen molar-refractivity contribution in [3.63, 3.8) is 0 Å². The van der Waals surface area contributed by atoms with Crippen LogP contribution in [0.3, 0.4) is 0 Å². The van der Waals surface area contributed by atoms with Gasteiger partial charge in [-0.05, 0) is 27.2 Å². The molecule has 0 saturated carbocycles. The summed E-state index contributed by atoms with van der Waals surface area (Å²) in [6, 6.07) is 0. The highest BCUT2D eigenvalue weighted by Gasteiger charge is 2.15. The first-order chi connectivity index (χ1) is 7.39. The second-order valence-corrected chi connectivity index (χ2v) is 4.47. The lowest BCUT2D eigenvalue weighted by atomic mass is 10.2. The van der Waals surface area contributed by atoms with Gasteiger partial charge in [-0.15, -0.1) is 0 Å². The third kappa shape index (κ3) is 8.49. The van der Waals surface area contributed by atoms with Gasteiger partial charge >= 0.3 is 6.09 Å². The van der Waals surface area contributed by atoms with Crippen LogP contribution >= 0.6 is 0 Å². The highest BCUT2D eigenvalue weighted by atomic mass is 16.7. The first-order valence-corrected chi connectivity index (χ1v) is 5.41. The second-order valence-electron chi connectivity index (χ2n) is 4.47. The number of hydrogen-bond acceptors (Lipinski definition) is 4. The predicted molar refractivity (Wildman–Crippen MR) is 61.3 cm³/mol. The molecule has 0 radical (unpaired) electrons. The van der Waals surface area contributed by atoms with E-state index in [0.717, 1.165) is 12.8 Å².